The Morgan fingerprint density at radius 3 is 2.58 bits per heavy atom. The summed E-state index contributed by atoms with van der Waals surface area (Å²) in [7, 11) is 3.31. The van der Waals surface area contributed by atoms with Gasteiger partial charge in [-0.25, -0.2) is 4.98 Å². The number of nitrogens with zero attached hydrogens (tertiary/aromatic N) is 2. The van der Waals surface area contributed by atoms with Crippen LogP contribution < -0.4 is 9.47 Å². The van der Waals surface area contributed by atoms with E-state index in [9.17, 15) is 0 Å². The van der Waals surface area contributed by atoms with E-state index >= 15 is 0 Å². The third kappa shape index (κ3) is 3.23. The minimum absolute atomic E-state index is 0.783. The molecule has 0 aliphatic heterocycles. The molecule has 4 aromatic rings. The molecule has 5 nitrogen and oxygen atoms in total. The van der Waals surface area contributed by atoms with E-state index in [4.69, 9.17) is 9.47 Å². The average Bonchev–Trinajstić information content (AvgIpc) is 3.09. The van der Waals surface area contributed by atoms with Gasteiger partial charge in [0.1, 0.15) is 11.5 Å². The molecule has 0 amide bonds. The van der Waals surface area contributed by atoms with Crippen LogP contribution in [0.2, 0.25) is 0 Å². The summed E-state index contributed by atoms with van der Waals surface area (Å²) in [5.74, 6) is 1.59. The summed E-state index contributed by atoms with van der Waals surface area (Å²) in [4.78, 5) is 13.6. The molecule has 1 N–H and O–H groups in total. The summed E-state index contributed by atoms with van der Waals surface area (Å²) in [5, 5.41) is 0.823. The SMILES string of the molecule is COc1ccnc(-c2ccccc2Sc2nc3ccc(OC)cc3[nH]2)c1. The highest BCUT2D eigenvalue weighted by Gasteiger charge is 2.11. The number of aromatic amines is 1. The predicted molar refractivity (Wildman–Crippen MR) is 103 cm³/mol. The molecule has 0 fully saturated rings. The zero-order valence-electron chi connectivity index (χ0n) is 14.4. The van der Waals surface area contributed by atoms with Crippen LogP contribution in [0.25, 0.3) is 22.3 Å². The molecular formula is C20H17N3O2S. The van der Waals surface area contributed by atoms with Gasteiger partial charge in [-0.15, -0.1) is 0 Å². The van der Waals surface area contributed by atoms with Gasteiger partial charge in [0.25, 0.3) is 0 Å². The van der Waals surface area contributed by atoms with Gasteiger partial charge in [0.2, 0.25) is 0 Å². The van der Waals surface area contributed by atoms with Crippen LogP contribution in [0.5, 0.6) is 11.5 Å². The summed E-state index contributed by atoms with van der Waals surface area (Å²) in [5.41, 5.74) is 3.76. The Balaban J connectivity index is 1.70. The van der Waals surface area contributed by atoms with Crippen LogP contribution in [0.1, 0.15) is 0 Å². The van der Waals surface area contributed by atoms with Gasteiger partial charge in [-0.05, 0) is 24.3 Å². The highest BCUT2D eigenvalue weighted by atomic mass is 32.2. The number of pyridine rings is 1. The number of ether oxygens (including phenoxy) is 2. The van der Waals surface area contributed by atoms with Crippen LogP contribution >= 0.6 is 11.8 Å². The van der Waals surface area contributed by atoms with E-state index in [1.165, 1.54) is 0 Å². The van der Waals surface area contributed by atoms with E-state index in [0.29, 0.717) is 0 Å². The molecule has 2 heterocycles. The van der Waals surface area contributed by atoms with Crippen molar-refractivity contribution in [2.45, 2.75) is 10.1 Å². The zero-order chi connectivity index (χ0) is 17.9. The minimum atomic E-state index is 0.783. The van der Waals surface area contributed by atoms with E-state index in [1.807, 2.05) is 42.5 Å². The molecule has 0 spiro atoms. The minimum Gasteiger partial charge on any atom is -0.497 e. The van der Waals surface area contributed by atoms with Crippen LogP contribution in [0.15, 0.2) is 70.8 Å². The molecule has 2 aromatic heterocycles. The fourth-order valence-corrected chi connectivity index (χ4v) is 3.64. The van der Waals surface area contributed by atoms with Gasteiger partial charge in [-0.3, -0.25) is 4.98 Å². The summed E-state index contributed by atoms with van der Waals surface area (Å²) < 4.78 is 10.6. The summed E-state index contributed by atoms with van der Waals surface area (Å²) in [6.07, 6.45) is 1.75. The van der Waals surface area contributed by atoms with Crippen LogP contribution in [0, 0.1) is 0 Å². The van der Waals surface area contributed by atoms with Crippen LogP contribution in [0.3, 0.4) is 0 Å². The normalized spacial score (nSPS) is 10.8. The van der Waals surface area contributed by atoms with Crippen molar-refractivity contribution in [3.8, 4) is 22.8 Å². The molecule has 6 heteroatoms. The van der Waals surface area contributed by atoms with E-state index < -0.39 is 0 Å². The Morgan fingerprint density at radius 1 is 0.923 bits per heavy atom. The highest BCUT2D eigenvalue weighted by Crippen LogP contribution is 2.35. The fourth-order valence-electron chi connectivity index (χ4n) is 2.70. The largest absolute Gasteiger partial charge is 0.497 e. The first-order valence-corrected chi connectivity index (χ1v) is 8.89. The Morgan fingerprint density at radius 2 is 1.73 bits per heavy atom. The van der Waals surface area contributed by atoms with Crippen molar-refractivity contribution in [1.82, 2.24) is 15.0 Å². The van der Waals surface area contributed by atoms with Gasteiger partial charge >= 0.3 is 0 Å². The number of fused-ring (bicyclic) bond motifs is 1. The lowest BCUT2D eigenvalue weighted by atomic mass is 10.1. The highest BCUT2D eigenvalue weighted by molar-refractivity contribution is 7.99. The molecule has 0 bridgehead atoms. The second-order valence-corrected chi connectivity index (χ2v) is 6.63. The zero-order valence-corrected chi connectivity index (χ0v) is 15.2. The van der Waals surface area contributed by atoms with Crippen LogP contribution in [-0.2, 0) is 0 Å². The average molecular weight is 363 g/mol. The number of nitrogens with one attached hydrogen (secondary N) is 1. The fraction of sp³-hybridized carbons (Fsp3) is 0.100. The number of hydrogen-bond acceptors (Lipinski definition) is 5. The van der Waals surface area contributed by atoms with Crippen molar-refractivity contribution in [2.24, 2.45) is 0 Å². The molecule has 130 valence electrons. The first kappa shape index (κ1) is 16.5. The van der Waals surface area contributed by atoms with Gasteiger partial charge < -0.3 is 14.5 Å². The third-order valence-electron chi connectivity index (χ3n) is 4.00. The molecule has 26 heavy (non-hydrogen) atoms. The molecule has 2 aromatic carbocycles. The number of imidazole rings is 1. The lowest BCUT2D eigenvalue weighted by Gasteiger charge is -2.08. The van der Waals surface area contributed by atoms with Gasteiger partial charge in [-0.2, -0.15) is 0 Å². The summed E-state index contributed by atoms with van der Waals surface area (Å²) in [6.45, 7) is 0. The van der Waals surface area contributed by atoms with Crippen molar-refractivity contribution < 1.29 is 9.47 Å². The van der Waals surface area contributed by atoms with Crippen LogP contribution in [-0.4, -0.2) is 29.2 Å². The molecule has 0 aliphatic rings. The molecule has 4 rings (SSSR count). The number of hydrogen-bond donors (Lipinski definition) is 1. The lowest BCUT2D eigenvalue weighted by Crippen LogP contribution is -1.89. The Hall–Kier alpha value is -2.99. The van der Waals surface area contributed by atoms with Gasteiger partial charge in [0, 0.05) is 28.8 Å². The molecule has 0 radical (unpaired) electrons. The second kappa shape index (κ2) is 7.09. The van der Waals surface area contributed by atoms with E-state index in [2.05, 4.69) is 27.1 Å². The smallest absolute Gasteiger partial charge is 0.171 e. The standard InChI is InChI=1S/C20H17N3O2S/c1-24-13-7-8-16-18(12-13)23-20(22-16)26-19-6-4-3-5-15(19)17-11-14(25-2)9-10-21-17/h3-12H,1-2H3,(H,22,23). The molecule has 0 saturated heterocycles. The Labute approximate surface area is 155 Å². The summed E-state index contributed by atoms with van der Waals surface area (Å²) in [6, 6.07) is 17.7. The van der Waals surface area contributed by atoms with Gasteiger partial charge in [-0.1, -0.05) is 30.0 Å². The van der Waals surface area contributed by atoms with E-state index in [1.54, 1.807) is 32.2 Å². The van der Waals surface area contributed by atoms with Gasteiger partial charge in [0.15, 0.2) is 5.16 Å². The predicted octanol–water partition coefficient (Wildman–Crippen LogP) is 4.79. The maximum Gasteiger partial charge on any atom is 0.171 e. The molecule has 0 atom stereocenters. The van der Waals surface area contributed by atoms with Crippen molar-refractivity contribution in [2.75, 3.05) is 14.2 Å². The number of benzene rings is 2. The van der Waals surface area contributed by atoms with Crippen LogP contribution in [0.4, 0.5) is 0 Å². The summed E-state index contributed by atoms with van der Waals surface area (Å²) >= 11 is 1.57. The maximum absolute atomic E-state index is 5.32. The first-order valence-electron chi connectivity index (χ1n) is 8.08. The number of H-pyrrole nitrogens is 1. The van der Waals surface area contributed by atoms with Gasteiger partial charge in [0.05, 0.1) is 30.9 Å². The Kier molecular flexibility index (Phi) is 4.50. The quantitative estimate of drug-likeness (QED) is 0.552. The lowest BCUT2D eigenvalue weighted by molar-refractivity contribution is 0.414. The monoisotopic (exact) mass is 363 g/mol. The van der Waals surface area contributed by atoms with E-state index in [-0.39, 0.29) is 0 Å². The molecule has 0 aliphatic carbocycles. The number of methoxy groups -OCH3 is 2. The van der Waals surface area contributed by atoms with Crippen molar-refractivity contribution in [3.05, 3.63) is 60.8 Å². The Bertz CT molecular complexity index is 1060. The second-order valence-electron chi connectivity index (χ2n) is 5.60. The van der Waals surface area contributed by atoms with Crippen molar-refractivity contribution >= 4 is 22.8 Å². The first-order chi connectivity index (χ1) is 12.8. The number of aromatic nitrogens is 3. The van der Waals surface area contributed by atoms with E-state index in [0.717, 1.165) is 43.8 Å². The van der Waals surface area contributed by atoms with Crippen molar-refractivity contribution in [1.29, 1.82) is 0 Å². The molecular weight excluding hydrogens is 346 g/mol. The molecule has 0 unspecified atom stereocenters. The molecule has 0 saturated carbocycles. The maximum atomic E-state index is 5.32. The number of rotatable bonds is 5. The third-order valence-corrected chi connectivity index (χ3v) is 4.97. The van der Waals surface area contributed by atoms with Crippen molar-refractivity contribution in [3.63, 3.8) is 0 Å². The topological polar surface area (TPSA) is 60.0 Å².